The van der Waals surface area contributed by atoms with Crippen molar-refractivity contribution in [2.75, 3.05) is 23.3 Å². The molecule has 0 aromatic heterocycles. The third-order valence-electron chi connectivity index (χ3n) is 8.86. The lowest BCUT2D eigenvalue weighted by molar-refractivity contribution is -0.114. The summed E-state index contributed by atoms with van der Waals surface area (Å²) in [5.41, 5.74) is 2.16. The van der Waals surface area contributed by atoms with Crippen molar-refractivity contribution in [3.8, 4) is 5.75 Å². The molecule has 7 rings (SSSR count). The molecule has 0 unspecified atom stereocenters. The first-order valence-corrected chi connectivity index (χ1v) is 15.1. The molecule has 4 aliphatic rings. The van der Waals surface area contributed by atoms with Crippen LogP contribution in [0.25, 0.3) is 0 Å². The molecule has 39 heavy (non-hydrogen) atoms. The monoisotopic (exact) mass is 548 g/mol. The fourth-order valence-corrected chi connectivity index (χ4v) is 8.81. The maximum Gasteiger partial charge on any atom is 0.264 e. The van der Waals surface area contributed by atoms with Gasteiger partial charge in [-0.25, -0.2) is 12.8 Å². The standard InChI is InChI=1S/C31H33FN2O4S/c1-38-28-10-12-29(13-11-28)39(36,37)34(27-8-4-25(32)5-9-27)19-30(35)33-26-6-2-22(3-7-26)31-23-15-20-14-21(17-23)18-24(31)16-20/h2-13,20-21,23-24,31H,14-19H2,1H3,(H,33,35). The molecule has 204 valence electrons. The van der Waals surface area contributed by atoms with Crippen LogP contribution in [0.3, 0.4) is 0 Å². The minimum absolute atomic E-state index is 0.000412. The van der Waals surface area contributed by atoms with E-state index in [-0.39, 0.29) is 10.6 Å². The number of halogens is 1. The van der Waals surface area contributed by atoms with Gasteiger partial charge in [-0.3, -0.25) is 9.10 Å². The molecule has 1 N–H and O–H groups in total. The normalized spacial score (nSPS) is 25.3. The van der Waals surface area contributed by atoms with Gasteiger partial charge in [-0.2, -0.15) is 0 Å². The largest absolute Gasteiger partial charge is 0.497 e. The Morgan fingerprint density at radius 3 is 2.03 bits per heavy atom. The predicted octanol–water partition coefficient (Wildman–Crippen LogP) is 6.21. The third kappa shape index (κ3) is 5.14. The topological polar surface area (TPSA) is 75.7 Å². The van der Waals surface area contributed by atoms with Crippen LogP contribution in [0.4, 0.5) is 15.8 Å². The molecule has 0 atom stereocenters. The van der Waals surface area contributed by atoms with Crippen molar-refractivity contribution in [2.24, 2.45) is 23.7 Å². The Hall–Kier alpha value is -3.39. The molecule has 1 amide bonds. The Bertz CT molecular complexity index is 1410. The Labute approximate surface area is 229 Å². The lowest BCUT2D eigenvalue weighted by Crippen LogP contribution is -2.43. The van der Waals surface area contributed by atoms with E-state index in [0.29, 0.717) is 17.4 Å². The highest BCUT2D eigenvalue weighted by molar-refractivity contribution is 7.92. The fourth-order valence-electron chi connectivity index (χ4n) is 7.39. The van der Waals surface area contributed by atoms with Crippen molar-refractivity contribution in [2.45, 2.75) is 42.9 Å². The van der Waals surface area contributed by atoms with Gasteiger partial charge in [0.15, 0.2) is 0 Å². The van der Waals surface area contributed by atoms with E-state index in [1.165, 1.54) is 81.2 Å². The number of hydrogen-bond acceptors (Lipinski definition) is 4. The second kappa shape index (κ2) is 10.3. The van der Waals surface area contributed by atoms with Crippen molar-refractivity contribution in [3.63, 3.8) is 0 Å². The SMILES string of the molecule is COc1ccc(S(=O)(=O)N(CC(=O)Nc2ccc(C3C4CC5CC(C4)CC3C5)cc2)c2ccc(F)cc2)cc1. The van der Waals surface area contributed by atoms with Crippen LogP contribution in [0.2, 0.25) is 0 Å². The van der Waals surface area contributed by atoms with Gasteiger partial charge in [0, 0.05) is 5.69 Å². The summed E-state index contributed by atoms with van der Waals surface area (Å²) in [5, 5.41) is 2.85. The second-order valence-corrected chi connectivity index (χ2v) is 13.2. The van der Waals surface area contributed by atoms with Crippen LogP contribution >= 0.6 is 0 Å². The highest BCUT2D eigenvalue weighted by Crippen LogP contribution is 2.59. The predicted molar refractivity (Wildman–Crippen MR) is 149 cm³/mol. The van der Waals surface area contributed by atoms with Gasteiger partial charge in [0.1, 0.15) is 18.1 Å². The second-order valence-electron chi connectivity index (χ2n) is 11.3. The number of ether oxygens (including phenoxy) is 1. The van der Waals surface area contributed by atoms with Crippen molar-refractivity contribution in [3.05, 3.63) is 84.2 Å². The summed E-state index contributed by atoms with van der Waals surface area (Å²) < 4.78 is 46.8. The lowest BCUT2D eigenvalue weighted by atomic mass is 9.51. The zero-order valence-electron chi connectivity index (χ0n) is 21.9. The number of amides is 1. The fraction of sp³-hybridized carbons (Fsp3) is 0.387. The smallest absolute Gasteiger partial charge is 0.264 e. The molecule has 0 aliphatic heterocycles. The highest BCUT2D eigenvalue weighted by Gasteiger charge is 2.48. The van der Waals surface area contributed by atoms with E-state index in [0.717, 1.165) is 28.0 Å². The van der Waals surface area contributed by atoms with Crippen LogP contribution in [-0.2, 0) is 14.8 Å². The van der Waals surface area contributed by atoms with E-state index in [1.54, 1.807) is 12.1 Å². The number of rotatable bonds is 8. The van der Waals surface area contributed by atoms with Crippen LogP contribution in [0, 0.1) is 29.5 Å². The Morgan fingerprint density at radius 1 is 0.872 bits per heavy atom. The molecule has 0 spiro atoms. The average Bonchev–Trinajstić information content (AvgIpc) is 2.92. The van der Waals surface area contributed by atoms with Gasteiger partial charge in [0.25, 0.3) is 10.0 Å². The molecule has 6 nitrogen and oxygen atoms in total. The van der Waals surface area contributed by atoms with Crippen molar-refractivity contribution in [1.82, 2.24) is 0 Å². The summed E-state index contributed by atoms with van der Waals surface area (Å²) in [6, 6.07) is 19.0. The molecule has 4 saturated carbocycles. The maximum atomic E-state index is 13.6. The minimum atomic E-state index is -4.12. The Balaban J connectivity index is 1.19. The third-order valence-corrected chi connectivity index (χ3v) is 10.6. The van der Waals surface area contributed by atoms with Crippen LogP contribution in [0.5, 0.6) is 5.75 Å². The van der Waals surface area contributed by atoms with Gasteiger partial charge in [-0.1, -0.05) is 12.1 Å². The van der Waals surface area contributed by atoms with E-state index in [1.807, 2.05) is 12.1 Å². The molecule has 3 aromatic carbocycles. The zero-order chi connectivity index (χ0) is 27.1. The van der Waals surface area contributed by atoms with Gasteiger partial charge >= 0.3 is 0 Å². The number of anilines is 2. The first kappa shape index (κ1) is 25.9. The van der Waals surface area contributed by atoms with Gasteiger partial charge in [-0.15, -0.1) is 0 Å². The number of carbonyl (C=O) groups is 1. The summed E-state index contributed by atoms with van der Waals surface area (Å²) >= 11 is 0. The highest BCUT2D eigenvalue weighted by atomic mass is 32.2. The van der Waals surface area contributed by atoms with Gasteiger partial charge in [-0.05, 0) is 128 Å². The summed E-state index contributed by atoms with van der Waals surface area (Å²) in [6.07, 6.45) is 6.81. The van der Waals surface area contributed by atoms with Crippen LogP contribution in [-0.4, -0.2) is 28.0 Å². The maximum absolute atomic E-state index is 13.6. The quantitative estimate of drug-likeness (QED) is 0.363. The average molecular weight is 549 g/mol. The number of carbonyl (C=O) groups excluding carboxylic acids is 1. The Morgan fingerprint density at radius 2 is 1.46 bits per heavy atom. The minimum Gasteiger partial charge on any atom is -0.497 e. The molecule has 8 heteroatoms. The van der Waals surface area contributed by atoms with Crippen molar-refractivity contribution >= 4 is 27.3 Å². The summed E-state index contributed by atoms with van der Waals surface area (Å²) in [4.78, 5) is 13.1. The zero-order valence-corrected chi connectivity index (χ0v) is 22.7. The van der Waals surface area contributed by atoms with E-state index >= 15 is 0 Å². The number of benzene rings is 3. The van der Waals surface area contributed by atoms with E-state index in [9.17, 15) is 17.6 Å². The molecule has 4 fully saturated rings. The number of nitrogens with zero attached hydrogens (tertiary/aromatic N) is 1. The lowest BCUT2D eigenvalue weighted by Gasteiger charge is -2.54. The number of methoxy groups -OCH3 is 1. The molecule has 3 aromatic rings. The molecule has 4 aliphatic carbocycles. The van der Waals surface area contributed by atoms with Gasteiger partial charge in [0.05, 0.1) is 17.7 Å². The molecular formula is C31H33FN2O4S. The van der Waals surface area contributed by atoms with E-state index in [4.69, 9.17) is 4.74 Å². The number of sulfonamides is 1. The molecule has 0 saturated heterocycles. The van der Waals surface area contributed by atoms with E-state index in [2.05, 4.69) is 17.4 Å². The van der Waals surface area contributed by atoms with Crippen LogP contribution in [0.15, 0.2) is 77.7 Å². The van der Waals surface area contributed by atoms with Crippen LogP contribution < -0.4 is 14.4 Å². The molecule has 0 radical (unpaired) electrons. The van der Waals surface area contributed by atoms with E-state index < -0.39 is 28.3 Å². The number of nitrogens with one attached hydrogen (secondary N) is 1. The van der Waals surface area contributed by atoms with Gasteiger partial charge in [0.2, 0.25) is 5.91 Å². The van der Waals surface area contributed by atoms with Gasteiger partial charge < -0.3 is 10.1 Å². The first-order chi connectivity index (χ1) is 18.8. The number of hydrogen-bond donors (Lipinski definition) is 1. The first-order valence-electron chi connectivity index (χ1n) is 13.6. The summed E-state index contributed by atoms with van der Waals surface area (Å²) in [6.45, 7) is -0.461. The van der Waals surface area contributed by atoms with Crippen molar-refractivity contribution in [1.29, 1.82) is 0 Å². The molecule has 0 heterocycles. The Kier molecular flexibility index (Phi) is 6.83. The summed E-state index contributed by atoms with van der Waals surface area (Å²) in [7, 11) is -2.62. The molecule has 4 bridgehead atoms. The molecular weight excluding hydrogens is 515 g/mol. The van der Waals surface area contributed by atoms with Crippen LogP contribution in [0.1, 0.15) is 43.6 Å². The van der Waals surface area contributed by atoms with Crippen molar-refractivity contribution < 1.29 is 22.3 Å². The summed E-state index contributed by atoms with van der Waals surface area (Å²) in [5.74, 6) is 3.51.